The monoisotopic (exact) mass is 866 g/mol. The Morgan fingerprint density at radius 2 is 1.22 bits per heavy atom. The molecule has 0 aromatic heterocycles. The van der Waals surface area contributed by atoms with Crippen molar-refractivity contribution in [2.24, 2.45) is 11.8 Å². The van der Waals surface area contributed by atoms with Gasteiger partial charge in [-0.2, -0.15) is 26.2 Å². The summed E-state index contributed by atoms with van der Waals surface area (Å²) >= 11 is 0. The molecule has 0 nitrogen and oxygen atoms in total. The zero-order valence-electron chi connectivity index (χ0n) is 16.7. The molecule has 0 aromatic carbocycles. The van der Waals surface area contributed by atoms with Crippen LogP contribution in [0.5, 0.6) is 0 Å². The van der Waals surface area contributed by atoms with Gasteiger partial charge in [-0.3, -0.25) is 0 Å². The van der Waals surface area contributed by atoms with Crippen molar-refractivity contribution in [3.05, 3.63) is 12.8 Å². The van der Waals surface area contributed by atoms with E-state index in [0.29, 0.717) is 0 Å². The van der Waals surface area contributed by atoms with Crippen molar-refractivity contribution >= 4 is 0 Å². The van der Waals surface area contributed by atoms with Crippen molar-refractivity contribution in [3.8, 4) is 0 Å². The van der Waals surface area contributed by atoms with Gasteiger partial charge in [-0.15, -0.1) is 0 Å². The Morgan fingerprint density at radius 1 is 0.739 bits per heavy atom. The van der Waals surface area contributed by atoms with Crippen LogP contribution >= 0.6 is 0 Å². The van der Waals surface area contributed by atoms with Gasteiger partial charge in [0, 0.05) is 18.6 Å². The second kappa shape index (κ2) is 22.9. The molecule has 3 heteroatoms. The number of unbranched alkanes of at least 4 members (excludes halogenated alkanes) is 9. The van der Waals surface area contributed by atoms with Crippen LogP contribution in [0.3, 0.4) is 0 Å². The predicted molar refractivity (Wildman–Crippen MR) is 93.7 cm³/mol. The maximum absolute atomic E-state index is 2.46. The van der Waals surface area contributed by atoms with E-state index in [2.05, 4.69) is 40.5 Å². The first-order valence-corrected chi connectivity index (χ1v) is 9.30. The van der Waals surface area contributed by atoms with Crippen molar-refractivity contribution in [3.63, 3.8) is 0 Å². The second-order valence-corrected chi connectivity index (χ2v) is 6.83. The molecule has 0 N–H and O–H groups in total. The van der Waals surface area contributed by atoms with E-state index in [0.717, 1.165) is 11.8 Å². The summed E-state index contributed by atoms with van der Waals surface area (Å²) < 4.78 is 0. The number of hydrogen-bond donors (Lipinski definition) is 0. The predicted octanol–water partition coefficient (Wildman–Crippen LogP) is 7.39. The molecule has 0 fully saturated rings. The SMILES string of the molecule is C[CH-]CCCCCC(C)CC(C)CCCCC[CH-]CC.[Rf].[Rf].[V]. The summed E-state index contributed by atoms with van der Waals surface area (Å²) in [5, 5.41) is 0. The maximum Gasteiger partial charge on any atom is 0 e. The molecular weight excluding hydrogens is 825 g/mol. The first kappa shape index (κ1) is 29.6. The van der Waals surface area contributed by atoms with E-state index in [1.165, 1.54) is 77.0 Å². The fourth-order valence-electron chi connectivity index (χ4n) is 3.10. The molecular formula is C20H40Rf2V-2. The summed E-state index contributed by atoms with van der Waals surface area (Å²) in [7, 11) is 0. The molecule has 0 saturated heterocycles. The van der Waals surface area contributed by atoms with E-state index in [-0.39, 0.29) is 18.6 Å². The minimum atomic E-state index is 0. The summed E-state index contributed by atoms with van der Waals surface area (Å²) in [6, 6.07) is 0. The molecule has 0 amide bonds. The van der Waals surface area contributed by atoms with Gasteiger partial charge in [-0.05, 0) is 18.3 Å². The Bertz CT molecular complexity index is 188. The molecule has 0 bridgehead atoms. The van der Waals surface area contributed by atoms with Crippen molar-refractivity contribution in [1.82, 2.24) is 0 Å². The Hall–Kier alpha value is -1.42. The third-order valence-corrected chi connectivity index (χ3v) is 4.39. The molecule has 2 atom stereocenters. The quantitative estimate of drug-likeness (QED) is 0.119. The molecule has 0 spiro atoms. The topological polar surface area (TPSA) is 0 Å². The first-order chi connectivity index (χ1) is 9.70. The van der Waals surface area contributed by atoms with E-state index < -0.39 is 0 Å². The Morgan fingerprint density at radius 3 is 1.65 bits per heavy atom. The van der Waals surface area contributed by atoms with Gasteiger partial charge < -0.3 is 12.8 Å². The van der Waals surface area contributed by atoms with E-state index in [1.807, 2.05) is 0 Å². The Labute approximate surface area is 148 Å². The zero-order valence-corrected chi connectivity index (χ0v) is 30.9. The van der Waals surface area contributed by atoms with Gasteiger partial charge in [0.25, 0.3) is 0 Å². The maximum atomic E-state index is 2.46. The van der Waals surface area contributed by atoms with E-state index >= 15 is 0 Å². The zero-order chi connectivity index (χ0) is 15.1. The molecule has 0 heterocycles. The van der Waals surface area contributed by atoms with Crippen molar-refractivity contribution < 1.29 is 18.6 Å². The van der Waals surface area contributed by atoms with E-state index in [1.54, 1.807) is 0 Å². The molecule has 23 heavy (non-hydrogen) atoms. The molecule has 0 aliphatic heterocycles. The van der Waals surface area contributed by atoms with Gasteiger partial charge in [-0.25, -0.2) is 0 Å². The molecule has 0 aliphatic carbocycles. The minimum Gasteiger partial charge on any atom is -0.332 e. The minimum absolute atomic E-state index is 0. The number of hydrogen-bond acceptors (Lipinski definition) is 0. The van der Waals surface area contributed by atoms with Crippen molar-refractivity contribution in [2.45, 2.75) is 105 Å². The van der Waals surface area contributed by atoms with Crippen LogP contribution in [0.1, 0.15) is 105 Å². The fourth-order valence-corrected chi connectivity index (χ4v) is 3.10. The summed E-state index contributed by atoms with van der Waals surface area (Å²) in [5.74, 6) is 1.87. The molecule has 0 aliphatic rings. The van der Waals surface area contributed by atoms with Crippen LogP contribution in [-0.4, -0.2) is 0 Å². The summed E-state index contributed by atoms with van der Waals surface area (Å²) in [4.78, 5) is 0. The van der Waals surface area contributed by atoms with Crippen LogP contribution in [0.25, 0.3) is 0 Å². The van der Waals surface area contributed by atoms with Crippen molar-refractivity contribution in [2.75, 3.05) is 0 Å². The second-order valence-electron chi connectivity index (χ2n) is 6.83. The summed E-state index contributed by atoms with van der Waals surface area (Å²) in [6.45, 7) is 9.33. The molecule has 0 aromatic rings. The third kappa shape index (κ3) is 23.0. The van der Waals surface area contributed by atoms with Gasteiger partial charge in [0.05, 0.1) is 0 Å². The van der Waals surface area contributed by atoms with Crippen LogP contribution in [-0.2, 0) is 18.6 Å². The first-order valence-electron chi connectivity index (χ1n) is 9.30. The molecule has 2 unspecified atom stereocenters. The van der Waals surface area contributed by atoms with Crippen LogP contribution < -0.4 is 0 Å². The van der Waals surface area contributed by atoms with E-state index in [9.17, 15) is 0 Å². The fraction of sp³-hybridized carbons (Fsp3) is 0.900. The molecule has 0 rings (SSSR count). The van der Waals surface area contributed by atoms with Gasteiger partial charge >= 0.3 is 0 Å². The van der Waals surface area contributed by atoms with Crippen LogP contribution in [0.4, 0.5) is 0 Å². The average Bonchev–Trinajstić information content (AvgIpc) is 2.42. The van der Waals surface area contributed by atoms with Crippen LogP contribution in [0.15, 0.2) is 0 Å². The summed E-state index contributed by atoms with van der Waals surface area (Å²) in [5.41, 5.74) is 0. The summed E-state index contributed by atoms with van der Waals surface area (Å²) in [6.07, 6.45) is 21.5. The Kier molecular flexibility index (Phi) is 29.4. The molecule has 1 radical (unpaired) electrons. The van der Waals surface area contributed by atoms with Gasteiger partial charge in [0.1, 0.15) is 0 Å². The van der Waals surface area contributed by atoms with Crippen LogP contribution in [0.2, 0.25) is 0 Å². The van der Waals surface area contributed by atoms with Crippen molar-refractivity contribution in [1.29, 1.82) is 0 Å². The smallest absolute Gasteiger partial charge is 0 e. The van der Waals surface area contributed by atoms with Gasteiger partial charge in [-0.1, -0.05) is 72.1 Å². The van der Waals surface area contributed by atoms with Gasteiger partial charge in [0.2, 0.25) is 0 Å². The van der Waals surface area contributed by atoms with Gasteiger partial charge in [0.15, 0.2) is 0 Å². The average molecular weight is 865 g/mol. The standard InChI is InChI=1S/C20H40.2Rf.V/c1-5-7-9-11-13-15-17-20(4)18-19(3)16-14-12-10-8-6-2;;;/h6-7,19-20H,5,8-18H2,1-4H3;;;/q-2;;;. The Balaban J connectivity index is -0.000000602. The third-order valence-electron chi connectivity index (χ3n) is 4.39. The normalized spacial score (nSPS) is 12.5. The van der Waals surface area contributed by atoms with E-state index in [4.69, 9.17) is 0 Å². The molecule has 131 valence electrons. The molecule has 0 saturated carbocycles. The van der Waals surface area contributed by atoms with Crippen LogP contribution in [0, 0.1) is 24.7 Å². The largest absolute Gasteiger partial charge is 0.332 e. The number of rotatable bonds is 15.